The molecule has 5 nitrogen and oxygen atoms in total. The SMILES string of the molecule is Cn1nc(CC(=O)O)c2c1COC2. The van der Waals surface area contributed by atoms with Gasteiger partial charge < -0.3 is 9.84 Å². The molecule has 1 aliphatic heterocycles. The maximum Gasteiger partial charge on any atom is 0.309 e. The Morgan fingerprint density at radius 1 is 1.69 bits per heavy atom. The van der Waals surface area contributed by atoms with E-state index in [9.17, 15) is 4.79 Å². The highest BCUT2D eigenvalue weighted by atomic mass is 16.5. The number of hydrogen-bond acceptors (Lipinski definition) is 3. The molecule has 0 saturated carbocycles. The Labute approximate surface area is 74.9 Å². The van der Waals surface area contributed by atoms with Crippen molar-refractivity contribution in [3.8, 4) is 0 Å². The molecule has 0 spiro atoms. The predicted octanol–water partition coefficient (Wildman–Crippen LogP) is 0.0774. The summed E-state index contributed by atoms with van der Waals surface area (Å²) in [6, 6.07) is 0. The fourth-order valence-electron chi connectivity index (χ4n) is 1.55. The maximum atomic E-state index is 10.5. The standard InChI is InChI=1S/C8H10N2O3/c1-10-7-4-13-3-5(7)6(9-10)2-8(11)12/h2-4H2,1H3,(H,11,12). The fourth-order valence-corrected chi connectivity index (χ4v) is 1.55. The highest BCUT2D eigenvalue weighted by Crippen LogP contribution is 2.22. The molecule has 0 bridgehead atoms. The third-order valence-corrected chi connectivity index (χ3v) is 2.16. The monoisotopic (exact) mass is 182 g/mol. The van der Waals surface area contributed by atoms with E-state index in [1.54, 1.807) is 11.7 Å². The third kappa shape index (κ3) is 1.31. The highest BCUT2D eigenvalue weighted by Gasteiger charge is 2.22. The van der Waals surface area contributed by atoms with Crippen molar-refractivity contribution in [2.45, 2.75) is 19.6 Å². The van der Waals surface area contributed by atoms with Crippen molar-refractivity contribution in [1.29, 1.82) is 0 Å². The first-order valence-electron chi connectivity index (χ1n) is 4.01. The van der Waals surface area contributed by atoms with Gasteiger partial charge in [0.1, 0.15) is 0 Å². The van der Waals surface area contributed by atoms with Crippen LogP contribution in [-0.2, 0) is 36.2 Å². The zero-order valence-corrected chi connectivity index (χ0v) is 7.28. The van der Waals surface area contributed by atoms with E-state index in [4.69, 9.17) is 9.84 Å². The number of carbonyl (C=O) groups is 1. The molecule has 1 N–H and O–H groups in total. The normalized spacial score (nSPS) is 14.5. The molecule has 0 saturated heterocycles. The molecule has 1 aromatic heterocycles. The number of aryl methyl sites for hydroxylation is 1. The van der Waals surface area contributed by atoms with E-state index in [0.29, 0.717) is 18.9 Å². The second-order valence-electron chi connectivity index (χ2n) is 3.06. The highest BCUT2D eigenvalue weighted by molar-refractivity contribution is 5.70. The molecule has 2 rings (SSSR count). The van der Waals surface area contributed by atoms with Crippen LogP contribution in [-0.4, -0.2) is 20.9 Å². The summed E-state index contributed by atoms with van der Waals surface area (Å²) in [5, 5.41) is 12.7. The summed E-state index contributed by atoms with van der Waals surface area (Å²) in [4.78, 5) is 10.5. The van der Waals surface area contributed by atoms with Gasteiger partial charge in [-0.15, -0.1) is 0 Å². The van der Waals surface area contributed by atoms with E-state index in [1.165, 1.54) is 0 Å². The van der Waals surface area contributed by atoms with E-state index in [0.717, 1.165) is 11.3 Å². The van der Waals surface area contributed by atoms with Gasteiger partial charge in [-0.3, -0.25) is 9.48 Å². The molecular weight excluding hydrogens is 172 g/mol. The maximum absolute atomic E-state index is 10.5. The molecular formula is C8H10N2O3. The van der Waals surface area contributed by atoms with Crippen molar-refractivity contribution < 1.29 is 14.6 Å². The zero-order chi connectivity index (χ0) is 9.42. The first-order chi connectivity index (χ1) is 6.18. The number of rotatable bonds is 2. The Hall–Kier alpha value is -1.36. The van der Waals surface area contributed by atoms with Crippen LogP contribution in [0.2, 0.25) is 0 Å². The predicted molar refractivity (Wildman–Crippen MR) is 43.0 cm³/mol. The molecule has 0 aromatic carbocycles. The Kier molecular flexibility index (Phi) is 1.81. The lowest BCUT2D eigenvalue weighted by atomic mass is 10.2. The van der Waals surface area contributed by atoms with Crippen LogP contribution in [0.5, 0.6) is 0 Å². The Morgan fingerprint density at radius 2 is 2.46 bits per heavy atom. The second kappa shape index (κ2) is 2.85. The summed E-state index contributed by atoms with van der Waals surface area (Å²) in [6.45, 7) is 1.03. The smallest absolute Gasteiger partial charge is 0.309 e. The first kappa shape index (κ1) is 8.25. The number of aromatic nitrogens is 2. The van der Waals surface area contributed by atoms with E-state index >= 15 is 0 Å². The van der Waals surface area contributed by atoms with Crippen molar-refractivity contribution in [3.63, 3.8) is 0 Å². The second-order valence-corrected chi connectivity index (χ2v) is 3.06. The molecule has 13 heavy (non-hydrogen) atoms. The molecule has 0 aliphatic carbocycles. The third-order valence-electron chi connectivity index (χ3n) is 2.16. The number of aliphatic carboxylic acids is 1. The Morgan fingerprint density at radius 3 is 3.15 bits per heavy atom. The molecule has 5 heteroatoms. The van der Waals surface area contributed by atoms with Gasteiger partial charge in [0, 0.05) is 12.6 Å². The van der Waals surface area contributed by atoms with Gasteiger partial charge >= 0.3 is 5.97 Å². The lowest BCUT2D eigenvalue weighted by Gasteiger charge is -1.95. The summed E-state index contributed by atoms with van der Waals surface area (Å²) >= 11 is 0. The quantitative estimate of drug-likeness (QED) is 0.703. The van der Waals surface area contributed by atoms with Crippen LogP contribution in [0.4, 0.5) is 0 Å². The topological polar surface area (TPSA) is 64.4 Å². The molecule has 0 fully saturated rings. The van der Waals surface area contributed by atoms with Gasteiger partial charge in [-0.1, -0.05) is 0 Å². The summed E-state index contributed by atoms with van der Waals surface area (Å²) < 4.78 is 6.90. The molecule has 0 radical (unpaired) electrons. The van der Waals surface area contributed by atoms with E-state index < -0.39 is 5.97 Å². The summed E-state index contributed by atoms with van der Waals surface area (Å²) in [6.07, 6.45) is -0.0213. The van der Waals surface area contributed by atoms with Gasteiger partial charge in [0.15, 0.2) is 0 Å². The van der Waals surface area contributed by atoms with Crippen molar-refractivity contribution in [2.75, 3.05) is 0 Å². The summed E-state index contributed by atoms with van der Waals surface area (Å²) in [5.41, 5.74) is 2.57. The first-order valence-corrected chi connectivity index (χ1v) is 4.01. The van der Waals surface area contributed by atoms with Gasteiger partial charge in [0.25, 0.3) is 0 Å². The van der Waals surface area contributed by atoms with Crippen molar-refractivity contribution in [1.82, 2.24) is 9.78 Å². The van der Waals surface area contributed by atoms with Crippen LogP contribution in [0.25, 0.3) is 0 Å². The van der Waals surface area contributed by atoms with Crippen LogP contribution in [0.15, 0.2) is 0 Å². The molecule has 1 aromatic rings. The fraction of sp³-hybridized carbons (Fsp3) is 0.500. The summed E-state index contributed by atoms with van der Waals surface area (Å²) in [7, 11) is 1.80. The van der Waals surface area contributed by atoms with Crippen LogP contribution in [0, 0.1) is 0 Å². The molecule has 0 amide bonds. The molecule has 1 aliphatic rings. The average molecular weight is 182 g/mol. The van der Waals surface area contributed by atoms with Crippen LogP contribution >= 0.6 is 0 Å². The van der Waals surface area contributed by atoms with Crippen molar-refractivity contribution in [3.05, 3.63) is 17.0 Å². The lowest BCUT2D eigenvalue weighted by molar-refractivity contribution is -0.136. The number of carboxylic acid groups (broad SMARTS) is 1. The minimum Gasteiger partial charge on any atom is -0.481 e. The summed E-state index contributed by atoms with van der Waals surface area (Å²) in [5.74, 6) is -0.854. The molecule has 0 atom stereocenters. The van der Waals surface area contributed by atoms with Gasteiger partial charge in [-0.2, -0.15) is 5.10 Å². The number of fused-ring (bicyclic) bond motifs is 1. The van der Waals surface area contributed by atoms with Crippen LogP contribution in [0.3, 0.4) is 0 Å². The zero-order valence-electron chi connectivity index (χ0n) is 7.28. The van der Waals surface area contributed by atoms with E-state index in [2.05, 4.69) is 5.10 Å². The lowest BCUT2D eigenvalue weighted by Crippen LogP contribution is -2.04. The largest absolute Gasteiger partial charge is 0.481 e. The van der Waals surface area contributed by atoms with Crippen molar-refractivity contribution in [2.24, 2.45) is 7.05 Å². The van der Waals surface area contributed by atoms with Gasteiger partial charge in [-0.05, 0) is 0 Å². The number of carboxylic acids is 1. The number of ether oxygens (including phenoxy) is 1. The van der Waals surface area contributed by atoms with Crippen LogP contribution < -0.4 is 0 Å². The van der Waals surface area contributed by atoms with Gasteiger partial charge in [-0.25, -0.2) is 0 Å². The number of nitrogens with zero attached hydrogens (tertiary/aromatic N) is 2. The number of hydrogen-bond donors (Lipinski definition) is 1. The average Bonchev–Trinajstić information content (AvgIpc) is 2.56. The Balaban J connectivity index is 2.36. The van der Waals surface area contributed by atoms with Crippen molar-refractivity contribution >= 4 is 5.97 Å². The molecule has 2 heterocycles. The minimum atomic E-state index is -0.854. The van der Waals surface area contributed by atoms with E-state index in [-0.39, 0.29) is 6.42 Å². The molecule has 0 unspecified atom stereocenters. The van der Waals surface area contributed by atoms with Crippen LogP contribution in [0.1, 0.15) is 17.0 Å². The van der Waals surface area contributed by atoms with Gasteiger partial charge in [0.2, 0.25) is 0 Å². The minimum absolute atomic E-state index is 0.0213. The van der Waals surface area contributed by atoms with Gasteiger partial charge in [0.05, 0.1) is 31.0 Å². The molecule has 70 valence electrons. The Bertz CT molecular complexity index is 357. The van der Waals surface area contributed by atoms with E-state index in [1.807, 2.05) is 0 Å².